The maximum absolute atomic E-state index is 6.98. The summed E-state index contributed by atoms with van der Waals surface area (Å²) in [4.78, 5) is 0. The van der Waals surface area contributed by atoms with E-state index in [1.54, 1.807) is 0 Å². The third-order valence-electron chi connectivity index (χ3n) is 6.22. The lowest BCUT2D eigenvalue weighted by atomic mass is 10.1. The molecular weight excluding hydrogens is 500 g/mol. The minimum absolute atomic E-state index is 0.0190. The highest BCUT2D eigenvalue weighted by molar-refractivity contribution is 9.09. The molecule has 0 aromatic heterocycles. The molecule has 2 aromatic rings. The van der Waals surface area contributed by atoms with Gasteiger partial charge in [-0.25, -0.2) is 0 Å². The van der Waals surface area contributed by atoms with Gasteiger partial charge in [0.05, 0.1) is 6.61 Å². The molecule has 0 unspecified atom stereocenters. The van der Waals surface area contributed by atoms with Gasteiger partial charge in [0.1, 0.15) is 0 Å². The SMILES string of the molecule is C/C(=C\CBr)CC/C=C(\C)CO[Si](c1ccccc1)(c1ccccc1)C(C)(C)C.C1CCOC1. The predicted octanol–water partition coefficient (Wildman–Crippen LogP) is 7.43. The first-order chi connectivity index (χ1) is 16.3. The van der Waals surface area contributed by atoms with E-state index in [1.807, 2.05) is 0 Å². The van der Waals surface area contributed by atoms with E-state index in [2.05, 4.69) is 123 Å². The number of benzene rings is 2. The summed E-state index contributed by atoms with van der Waals surface area (Å²) in [5.74, 6) is 0. The van der Waals surface area contributed by atoms with Gasteiger partial charge >= 0.3 is 0 Å². The molecule has 3 rings (SSSR count). The van der Waals surface area contributed by atoms with Gasteiger partial charge in [0, 0.05) is 18.5 Å². The molecule has 1 fully saturated rings. The lowest BCUT2D eigenvalue weighted by molar-refractivity contribution is 0.198. The van der Waals surface area contributed by atoms with Crippen LogP contribution in [0, 0.1) is 0 Å². The van der Waals surface area contributed by atoms with Crippen LogP contribution in [0.3, 0.4) is 0 Å². The van der Waals surface area contributed by atoms with Crippen molar-refractivity contribution in [3.05, 3.63) is 84.0 Å². The van der Waals surface area contributed by atoms with Crippen molar-refractivity contribution in [3.63, 3.8) is 0 Å². The first-order valence-electron chi connectivity index (χ1n) is 12.5. The minimum Gasteiger partial charge on any atom is -0.403 e. The van der Waals surface area contributed by atoms with Crippen molar-refractivity contribution in [2.75, 3.05) is 25.2 Å². The number of hydrogen-bond acceptors (Lipinski definition) is 2. The van der Waals surface area contributed by atoms with Crippen molar-refractivity contribution in [2.45, 2.75) is 65.3 Å². The monoisotopic (exact) mass is 542 g/mol. The second kappa shape index (κ2) is 14.8. The molecule has 186 valence electrons. The zero-order valence-electron chi connectivity index (χ0n) is 21.8. The average Bonchev–Trinajstić information content (AvgIpc) is 3.41. The van der Waals surface area contributed by atoms with Gasteiger partial charge in [0.25, 0.3) is 8.32 Å². The summed E-state index contributed by atoms with van der Waals surface area (Å²) in [5.41, 5.74) is 2.74. The topological polar surface area (TPSA) is 18.5 Å². The molecule has 34 heavy (non-hydrogen) atoms. The molecule has 0 radical (unpaired) electrons. The molecule has 0 N–H and O–H groups in total. The highest BCUT2D eigenvalue weighted by Gasteiger charge is 2.50. The molecule has 0 saturated carbocycles. The summed E-state index contributed by atoms with van der Waals surface area (Å²) in [7, 11) is -2.44. The molecule has 2 aromatic carbocycles. The lowest BCUT2D eigenvalue weighted by Gasteiger charge is -2.43. The van der Waals surface area contributed by atoms with Crippen molar-refractivity contribution >= 4 is 34.6 Å². The predicted molar refractivity (Wildman–Crippen MR) is 154 cm³/mol. The van der Waals surface area contributed by atoms with E-state index in [1.165, 1.54) is 34.4 Å². The van der Waals surface area contributed by atoms with Gasteiger partial charge in [-0.15, -0.1) is 0 Å². The van der Waals surface area contributed by atoms with Crippen LogP contribution in [-0.2, 0) is 9.16 Å². The number of halogens is 1. The Morgan fingerprint density at radius 2 is 1.41 bits per heavy atom. The molecule has 1 aliphatic heterocycles. The summed E-state index contributed by atoms with van der Waals surface area (Å²) in [6.45, 7) is 14.0. The first kappa shape index (κ1) is 28.8. The zero-order valence-corrected chi connectivity index (χ0v) is 24.4. The fourth-order valence-corrected chi connectivity index (χ4v) is 9.49. The van der Waals surface area contributed by atoms with Gasteiger partial charge in [-0.1, -0.05) is 121 Å². The normalized spacial score (nSPS) is 15.1. The van der Waals surface area contributed by atoms with Crippen molar-refractivity contribution in [3.8, 4) is 0 Å². The molecule has 0 aliphatic carbocycles. The van der Waals surface area contributed by atoms with E-state index < -0.39 is 8.32 Å². The van der Waals surface area contributed by atoms with Crippen molar-refractivity contribution in [1.82, 2.24) is 0 Å². The Morgan fingerprint density at radius 1 is 0.882 bits per heavy atom. The van der Waals surface area contributed by atoms with Crippen LogP contribution < -0.4 is 10.4 Å². The number of alkyl halides is 1. The Kier molecular flexibility index (Phi) is 12.5. The van der Waals surface area contributed by atoms with Crippen molar-refractivity contribution in [2.24, 2.45) is 0 Å². The fraction of sp³-hybridized carbons (Fsp3) is 0.467. The van der Waals surface area contributed by atoms with Crippen LogP contribution in [0.25, 0.3) is 0 Å². The summed E-state index contributed by atoms with van der Waals surface area (Å²) in [6, 6.07) is 21.7. The largest absolute Gasteiger partial charge is 0.403 e. The molecule has 1 saturated heterocycles. The summed E-state index contributed by atoms with van der Waals surface area (Å²) < 4.78 is 11.9. The maximum atomic E-state index is 6.98. The van der Waals surface area contributed by atoms with Gasteiger partial charge in [-0.2, -0.15) is 0 Å². The molecule has 0 atom stereocenters. The van der Waals surface area contributed by atoms with Crippen LogP contribution in [0.15, 0.2) is 84.0 Å². The Morgan fingerprint density at radius 3 is 1.82 bits per heavy atom. The van der Waals surface area contributed by atoms with Crippen LogP contribution in [0.5, 0.6) is 0 Å². The van der Waals surface area contributed by atoms with Gasteiger partial charge < -0.3 is 9.16 Å². The highest BCUT2D eigenvalue weighted by Crippen LogP contribution is 2.37. The quantitative estimate of drug-likeness (QED) is 0.186. The molecule has 4 heteroatoms. The number of rotatable bonds is 9. The van der Waals surface area contributed by atoms with Gasteiger partial charge in [0.15, 0.2) is 0 Å². The Bertz CT molecular complexity index is 834. The van der Waals surface area contributed by atoms with Crippen molar-refractivity contribution < 1.29 is 9.16 Å². The fourth-order valence-electron chi connectivity index (χ4n) is 4.33. The number of ether oxygens (including phenoxy) is 1. The van der Waals surface area contributed by atoms with Crippen LogP contribution in [-0.4, -0.2) is 33.5 Å². The Hall–Kier alpha value is -1.46. The molecule has 0 amide bonds. The second-order valence-corrected chi connectivity index (χ2v) is 15.0. The summed E-state index contributed by atoms with van der Waals surface area (Å²) in [6.07, 6.45) is 9.29. The highest BCUT2D eigenvalue weighted by atomic mass is 79.9. The summed E-state index contributed by atoms with van der Waals surface area (Å²) >= 11 is 3.47. The van der Waals surface area contributed by atoms with Crippen LogP contribution in [0.4, 0.5) is 0 Å². The lowest BCUT2D eigenvalue weighted by Crippen LogP contribution is -2.66. The maximum Gasteiger partial charge on any atom is 0.261 e. The third kappa shape index (κ3) is 8.64. The summed E-state index contributed by atoms with van der Waals surface area (Å²) in [5, 5.41) is 3.62. The Labute approximate surface area is 217 Å². The van der Waals surface area contributed by atoms with Gasteiger partial charge in [-0.05, 0) is 54.9 Å². The molecule has 1 heterocycles. The second-order valence-electron chi connectivity index (χ2n) is 10.1. The standard InChI is InChI=1S/C26H35BrOSi.C4H8O/c1-22(19-20-27)13-12-14-23(2)21-28-29(26(3,4)5,24-15-8-6-9-16-24)25-17-10-7-11-18-25;1-2-4-5-3-1/h6-11,14-19H,12-13,20-21H2,1-5H3;1-4H2/b22-19+,23-14+;. The van der Waals surface area contributed by atoms with Crippen LogP contribution in [0.2, 0.25) is 5.04 Å². The van der Waals surface area contributed by atoms with E-state index in [0.717, 1.165) is 31.4 Å². The van der Waals surface area contributed by atoms with E-state index in [0.29, 0.717) is 6.61 Å². The van der Waals surface area contributed by atoms with E-state index in [-0.39, 0.29) is 5.04 Å². The minimum atomic E-state index is -2.44. The van der Waals surface area contributed by atoms with Crippen LogP contribution in [0.1, 0.15) is 60.3 Å². The molecular formula is C30H43BrO2Si. The van der Waals surface area contributed by atoms with Crippen molar-refractivity contribution in [1.29, 1.82) is 0 Å². The molecule has 0 spiro atoms. The first-order valence-corrected chi connectivity index (χ1v) is 15.5. The molecule has 0 bridgehead atoms. The molecule has 2 nitrogen and oxygen atoms in total. The van der Waals surface area contributed by atoms with Gasteiger partial charge in [-0.3, -0.25) is 0 Å². The van der Waals surface area contributed by atoms with Crippen LogP contribution >= 0.6 is 15.9 Å². The molecule has 1 aliphatic rings. The van der Waals surface area contributed by atoms with Gasteiger partial charge in [0.2, 0.25) is 0 Å². The van der Waals surface area contributed by atoms with E-state index in [4.69, 9.17) is 9.16 Å². The van der Waals surface area contributed by atoms with E-state index in [9.17, 15) is 0 Å². The zero-order chi connectivity index (χ0) is 24.9. The number of allylic oxidation sites excluding steroid dienone is 3. The number of hydrogen-bond donors (Lipinski definition) is 0. The third-order valence-corrected chi connectivity index (χ3v) is 11.5. The average molecular weight is 544 g/mol. The Balaban J connectivity index is 0.000000720. The van der Waals surface area contributed by atoms with E-state index >= 15 is 0 Å². The smallest absolute Gasteiger partial charge is 0.261 e.